The number of nitrogens with zero attached hydrogens (tertiary/aromatic N) is 2. The van der Waals surface area contributed by atoms with Crippen molar-refractivity contribution in [1.29, 1.82) is 0 Å². The lowest BCUT2D eigenvalue weighted by Gasteiger charge is -2.11. The fourth-order valence-electron chi connectivity index (χ4n) is 2.24. The van der Waals surface area contributed by atoms with E-state index in [2.05, 4.69) is 16.1 Å². The largest absolute Gasteiger partial charge is 0.481 e. The second-order valence-electron chi connectivity index (χ2n) is 4.78. The van der Waals surface area contributed by atoms with E-state index in [1.54, 1.807) is 6.08 Å². The summed E-state index contributed by atoms with van der Waals surface area (Å²) >= 11 is 0. The van der Waals surface area contributed by atoms with Gasteiger partial charge >= 0.3 is 11.9 Å². The quantitative estimate of drug-likeness (QED) is 0.323. The second-order valence-corrected chi connectivity index (χ2v) is 4.78. The molecule has 0 spiro atoms. The summed E-state index contributed by atoms with van der Waals surface area (Å²) in [7, 11) is 0. The van der Waals surface area contributed by atoms with Gasteiger partial charge in [-0.05, 0) is 0 Å². The molecule has 0 aromatic rings. The van der Waals surface area contributed by atoms with Crippen molar-refractivity contribution in [2.24, 2.45) is 0 Å². The van der Waals surface area contributed by atoms with Crippen LogP contribution in [-0.4, -0.2) is 76.9 Å². The highest BCUT2D eigenvalue weighted by atomic mass is 16.5. The zero-order valence-electron chi connectivity index (χ0n) is 12.2. The third-order valence-corrected chi connectivity index (χ3v) is 3.26. The minimum absolute atomic E-state index is 0.00790. The lowest BCUT2D eigenvalue weighted by Crippen LogP contribution is -2.31. The van der Waals surface area contributed by atoms with Crippen LogP contribution in [0.25, 0.3) is 0 Å². The van der Waals surface area contributed by atoms with Gasteiger partial charge in [-0.1, -0.05) is 6.08 Å². The first-order chi connectivity index (χ1) is 10.0. The normalized spacial score (nSPS) is 14.6. The van der Waals surface area contributed by atoms with Gasteiger partial charge in [0.05, 0.1) is 39.0 Å². The van der Waals surface area contributed by atoms with Crippen molar-refractivity contribution in [3.05, 3.63) is 12.7 Å². The molecule has 21 heavy (non-hydrogen) atoms. The molecule has 0 bridgehead atoms. The molecule has 0 atom stereocenters. The van der Waals surface area contributed by atoms with E-state index in [9.17, 15) is 9.59 Å². The van der Waals surface area contributed by atoms with Crippen LogP contribution in [0.15, 0.2) is 12.7 Å². The van der Waals surface area contributed by atoms with Crippen molar-refractivity contribution in [2.45, 2.75) is 19.3 Å². The number of aliphatic carboxylic acids is 2. The van der Waals surface area contributed by atoms with Crippen molar-refractivity contribution < 1.29 is 29.1 Å². The summed E-state index contributed by atoms with van der Waals surface area (Å²) in [5, 5.41) is 17.3. The SMILES string of the molecule is C=CCC1=[N+](CCOCCC(=O)O)CCN1CCC(=O)O. The molecular weight excluding hydrogens is 276 g/mol. The van der Waals surface area contributed by atoms with Crippen LogP contribution >= 0.6 is 0 Å². The molecule has 118 valence electrons. The third-order valence-electron chi connectivity index (χ3n) is 3.26. The van der Waals surface area contributed by atoms with Gasteiger partial charge in [0.15, 0.2) is 0 Å². The molecular formula is C14H23N2O5+. The van der Waals surface area contributed by atoms with Gasteiger partial charge in [-0.15, -0.1) is 6.58 Å². The fraction of sp³-hybridized carbons (Fsp3) is 0.643. The van der Waals surface area contributed by atoms with Crippen molar-refractivity contribution in [2.75, 3.05) is 39.4 Å². The molecule has 0 amide bonds. The highest BCUT2D eigenvalue weighted by Gasteiger charge is 2.29. The molecule has 0 aromatic carbocycles. The number of rotatable bonds is 11. The van der Waals surface area contributed by atoms with E-state index in [1.807, 2.05) is 0 Å². The van der Waals surface area contributed by atoms with Crippen LogP contribution < -0.4 is 0 Å². The maximum atomic E-state index is 10.7. The van der Waals surface area contributed by atoms with Crippen LogP contribution in [-0.2, 0) is 14.3 Å². The first-order valence-corrected chi connectivity index (χ1v) is 7.02. The first kappa shape index (κ1) is 17.2. The van der Waals surface area contributed by atoms with Gasteiger partial charge < -0.3 is 14.9 Å². The average Bonchev–Trinajstić information content (AvgIpc) is 2.79. The summed E-state index contributed by atoms with van der Waals surface area (Å²) in [4.78, 5) is 23.1. The number of carboxylic acids is 2. The Labute approximate surface area is 124 Å². The number of hydrogen-bond donors (Lipinski definition) is 2. The maximum Gasteiger partial charge on any atom is 0.307 e. The number of ether oxygens (including phenoxy) is 1. The predicted octanol–water partition coefficient (Wildman–Crippen LogP) is 0.255. The van der Waals surface area contributed by atoms with E-state index in [1.165, 1.54) is 0 Å². The van der Waals surface area contributed by atoms with Crippen LogP contribution in [0.2, 0.25) is 0 Å². The number of amidine groups is 1. The zero-order chi connectivity index (χ0) is 15.7. The minimum Gasteiger partial charge on any atom is -0.481 e. The summed E-state index contributed by atoms with van der Waals surface area (Å²) in [5.74, 6) is -0.605. The molecule has 1 aliphatic heterocycles. The summed E-state index contributed by atoms with van der Waals surface area (Å²) < 4.78 is 7.44. The van der Waals surface area contributed by atoms with E-state index in [0.717, 1.165) is 18.9 Å². The van der Waals surface area contributed by atoms with Gasteiger partial charge in [0.2, 0.25) is 0 Å². The Morgan fingerprint density at radius 3 is 2.62 bits per heavy atom. The highest BCUT2D eigenvalue weighted by molar-refractivity contribution is 5.80. The smallest absolute Gasteiger partial charge is 0.307 e. The number of carbonyl (C=O) groups is 2. The van der Waals surface area contributed by atoms with E-state index >= 15 is 0 Å². The van der Waals surface area contributed by atoms with E-state index in [-0.39, 0.29) is 19.4 Å². The van der Waals surface area contributed by atoms with Crippen LogP contribution in [0.3, 0.4) is 0 Å². The van der Waals surface area contributed by atoms with Crippen LogP contribution in [0, 0.1) is 0 Å². The molecule has 0 aliphatic carbocycles. The second kappa shape index (κ2) is 9.12. The van der Waals surface area contributed by atoms with Gasteiger partial charge in [0, 0.05) is 0 Å². The summed E-state index contributed by atoms with van der Waals surface area (Å²) in [6.45, 7) is 7.19. The molecule has 0 aromatic heterocycles. The topological polar surface area (TPSA) is 90.1 Å². The minimum atomic E-state index is -0.866. The molecule has 0 unspecified atom stereocenters. The van der Waals surface area contributed by atoms with Gasteiger partial charge in [-0.3, -0.25) is 19.1 Å². The average molecular weight is 299 g/mol. The lowest BCUT2D eigenvalue weighted by atomic mass is 10.3. The summed E-state index contributed by atoms with van der Waals surface area (Å²) in [5.41, 5.74) is 0. The molecule has 2 N–H and O–H groups in total. The molecule has 7 heteroatoms. The van der Waals surface area contributed by atoms with Gasteiger partial charge in [0.1, 0.15) is 19.6 Å². The Bertz CT molecular complexity index is 420. The van der Waals surface area contributed by atoms with Crippen LogP contribution in [0.1, 0.15) is 19.3 Å². The Hall–Kier alpha value is -1.89. The van der Waals surface area contributed by atoms with Gasteiger partial charge in [0.25, 0.3) is 5.84 Å². The maximum absolute atomic E-state index is 10.7. The van der Waals surface area contributed by atoms with E-state index < -0.39 is 11.9 Å². The molecule has 1 rings (SSSR count). The van der Waals surface area contributed by atoms with Gasteiger partial charge in [-0.25, -0.2) is 0 Å². The summed E-state index contributed by atoms with van der Waals surface area (Å²) in [6, 6.07) is 0. The summed E-state index contributed by atoms with van der Waals surface area (Å²) in [6.07, 6.45) is 2.61. The molecule has 0 radical (unpaired) electrons. The van der Waals surface area contributed by atoms with Crippen molar-refractivity contribution >= 4 is 17.8 Å². The van der Waals surface area contributed by atoms with Crippen molar-refractivity contribution in [3.63, 3.8) is 0 Å². The number of hydrogen-bond acceptors (Lipinski definition) is 4. The van der Waals surface area contributed by atoms with E-state index in [0.29, 0.717) is 26.1 Å². The fourth-order valence-corrected chi connectivity index (χ4v) is 2.24. The van der Waals surface area contributed by atoms with Crippen LogP contribution in [0.5, 0.6) is 0 Å². The number of carboxylic acid groups (broad SMARTS) is 2. The zero-order valence-corrected chi connectivity index (χ0v) is 12.2. The predicted molar refractivity (Wildman–Crippen MR) is 76.7 cm³/mol. The van der Waals surface area contributed by atoms with Crippen molar-refractivity contribution in [1.82, 2.24) is 4.90 Å². The Morgan fingerprint density at radius 1 is 1.29 bits per heavy atom. The van der Waals surface area contributed by atoms with Gasteiger partial charge in [-0.2, -0.15) is 0 Å². The molecule has 0 saturated heterocycles. The molecule has 0 fully saturated rings. The molecule has 7 nitrogen and oxygen atoms in total. The monoisotopic (exact) mass is 299 g/mol. The molecule has 1 heterocycles. The first-order valence-electron chi connectivity index (χ1n) is 7.02. The van der Waals surface area contributed by atoms with Crippen molar-refractivity contribution in [3.8, 4) is 0 Å². The lowest BCUT2D eigenvalue weighted by molar-refractivity contribution is -0.521. The highest BCUT2D eigenvalue weighted by Crippen LogP contribution is 2.07. The Morgan fingerprint density at radius 2 is 2.00 bits per heavy atom. The standard InChI is InChI=1S/C14H22N2O5/c1-2-3-12-15(6-4-13(17)18)7-8-16(12)9-11-21-10-5-14(19)20/h2H,1,3-11H2,(H-,17,18,19,20)/p+1. The Kier molecular flexibility index (Phi) is 7.45. The van der Waals surface area contributed by atoms with E-state index in [4.69, 9.17) is 14.9 Å². The third kappa shape index (κ3) is 6.40. The molecule has 0 saturated carbocycles. The molecule has 1 aliphatic rings. The Balaban J connectivity index is 2.45. The van der Waals surface area contributed by atoms with Crippen LogP contribution in [0.4, 0.5) is 0 Å².